The third kappa shape index (κ3) is 2.93. The zero-order chi connectivity index (χ0) is 14.4. The van der Waals surface area contributed by atoms with Crippen LogP contribution in [0.4, 0.5) is 0 Å². The van der Waals surface area contributed by atoms with Gasteiger partial charge in [-0.25, -0.2) is 0 Å². The van der Waals surface area contributed by atoms with Crippen LogP contribution in [-0.2, 0) is 6.42 Å². The lowest BCUT2D eigenvalue weighted by Crippen LogP contribution is -2.43. The van der Waals surface area contributed by atoms with Gasteiger partial charge < -0.3 is 10.2 Å². The molecule has 3 atom stereocenters. The number of nitrogens with zero attached hydrogens (tertiary/aromatic N) is 1. The summed E-state index contributed by atoms with van der Waals surface area (Å²) in [7, 11) is 2.34. The first-order valence-electron chi connectivity index (χ1n) is 8.44. The van der Waals surface area contributed by atoms with Crippen LogP contribution in [0.1, 0.15) is 55.0 Å². The van der Waals surface area contributed by atoms with Crippen molar-refractivity contribution in [2.24, 2.45) is 5.92 Å². The van der Waals surface area contributed by atoms with Crippen molar-refractivity contribution in [3.8, 4) is 0 Å². The Hall–Kier alpha value is 0.350. The number of thiophene rings is 1. The highest BCUT2D eigenvalue weighted by atomic mass is 127. The summed E-state index contributed by atoms with van der Waals surface area (Å²) in [6.45, 7) is 1.23. The molecular weight excluding hydrogens is 391 g/mol. The summed E-state index contributed by atoms with van der Waals surface area (Å²) in [5.41, 5.74) is 1.62. The summed E-state index contributed by atoms with van der Waals surface area (Å²) < 4.78 is 1.46. The molecule has 0 amide bonds. The lowest BCUT2D eigenvalue weighted by atomic mass is 9.89. The molecule has 2 nitrogen and oxygen atoms in total. The van der Waals surface area contributed by atoms with E-state index in [0.29, 0.717) is 6.04 Å². The predicted octanol–water partition coefficient (Wildman–Crippen LogP) is 4.19. The highest BCUT2D eigenvalue weighted by Gasteiger charge is 2.38. The molecule has 2 aliphatic heterocycles. The minimum atomic E-state index is 0.630. The molecule has 3 unspecified atom stereocenters. The fourth-order valence-corrected chi connectivity index (χ4v) is 6.85. The van der Waals surface area contributed by atoms with Gasteiger partial charge in [0.25, 0.3) is 0 Å². The number of rotatable bonds is 3. The lowest BCUT2D eigenvalue weighted by Gasteiger charge is -2.37. The van der Waals surface area contributed by atoms with Crippen molar-refractivity contribution in [1.82, 2.24) is 10.2 Å². The molecule has 4 rings (SSSR count). The Morgan fingerprint density at radius 2 is 2.05 bits per heavy atom. The van der Waals surface area contributed by atoms with Crippen LogP contribution in [-0.4, -0.2) is 30.6 Å². The minimum absolute atomic E-state index is 0.630. The highest BCUT2D eigenvalue weighted by Crippen LogP contribution is 2.39. The van der Waals surface area contributed by atoms with E-state index in [9.17, 15) is 0 Å². The molecule has 0 radical (unpaired) electrons. The van der Waals surface area contributed by atoms with E-state index in [1.165, 1.54) is 54.4 Å². The molecule has 2 bridgehead atoms. The first-order chi connectivity index (χ1) is 10.2. The molecule has 3 heterocycles. The second-order valence-corrected chi connectivity index (χ2v) is 10.2. The maximum atomic E-state index is 3.93. The summed E-state index contributed by atoms with van der Waals surface area (Å²) in [6, 6.07) is 4.81. The van der Waals surface area contributed by atoms with E-state index >= 15 is 0 Å². The second-order valence-electron chi connectivity index (χ2n) is 7.17. The molecule has 3 aliphatic rings. The Kier molecular flexibility index (Phi) is 4.33. The van der Waals surface area contributed by atoms with Gasteiger partial charge in [0.2, 0.25) is 0 Å². The molecule has 1 aliphatic carbocycles. The van der Waals surface area contributed by atoms with Crippen LogP contribution in [0.5, 0.6) is 0 Å². The van der Waals surface area contributed by atoms with Gasteiger partial charge in [-0.15, -0.1) is 11.3 Å². The average molecular weight is 416 g/mol. The van der Waals surface area contributed by atoms with E-state index in [4.69, 9.17) is 0 Å². The third-order valence-electron chi connectivity index (χ3n) is 5.93. The van der Waals surface area contributed by atoms with Gasteiger partial charge in [0.15, 0.2) is 0 Å². The largest absolute Gasteiger partial charge is 0.310 e. The Bertz CT molecular complexity index is 501. The van der Waals surface area contributed by atoms with E-state index in [-0.39, 0.29) is 0 Å². The molecule has 0 aromatic carbocycles. The van der Waals surface area contributed by atoms with Gasteiger partial charge in [-0.1, -0.05) is 0 Å². The monoisotopic (exact) mass is 416 g/mol. The van der Waals surface area contributed by atoms with Crippen molar-refractivity contribution in [2.75, 3.05) is 13.6 Å². The number of aryl methyl sites for hydroxylation is 1. The first-order valence-corrected chi connectivity index (χ1v) is 10.3. The summed E-state index contributed by atoms with van der Waals surface area (Å²) in [5, 5.41) is 3.93. The first kappa shape index (κ1) is 14.9. The third-order valence-corrected chi connectivity index (χ3v) is 7.90. The molecule has 21 heavy (non-hydrogen) atoms. The number of hydrogen-bond donors (Lipinski definition) is 1. The van der Waals surface area contributed by atoms with E-state index in [2.05, 4.69) is 45.9 Å². The van der Waals surface area contributed by atoms with Gasteiger partial charge >= 0.3 is 0 Å². The van der Waals surface area contributed by atoms with E-state index < -0.39 is 0 Å². The number of halogens is 1. The maximum Gasteiger partial charge on any atom is 0.0659 e. The molecule has 1 aromatic heterocycles. The summed E-state index contributed by atoms with van der Waals surface area (Å²) >= 11 is 4.49. The topological polar surface area (TPSA) is 15.3 Å². The number of nitrogens with one attached hydrogen (secondary N) is 1. The summed E-state index contributed by atoms with van der Waals surface area (Å²) in [5.74, 6) is 0.904. The van der Waals surface area contributed by atoms with E-state index in [0.717, 1.165) is 18.0 Å². The molecule has 1 aromatic rings. The molecular formula is C17H25IN2S. The van der Waals surface area contributed by atoms with Gasteiger partial charge in [-0.05, 0) is 98.7 Å². The van der Waals surface area contributed by atoms with Gasteiger partial charge in [-0.2, -0.15) is 0 Å². The smallest absolute Gasteiger partial charge is 0.0659 e. The quantitative estimate of drug-likeness (QED) is 0.744. The van der Waals surface area contributed by atoms with Crippen LogP contribution in [0.2, 0.25) is 0 Å². The predicted molar refractivity (Wildman–Crippen MR) is 98.0 cm³/mol. The van der Waals surface area contributed by atoms with Crippen LogP contribution >= 0.6 is 33.9 Å². The zero-order valence-electron chi connectivity index (χ0n) is 12.8. The second kappa shape index (κ2) is 6.10. The van der Waals surface area contributed by atoms with Crippen LogP contribution in [0.3, 0.4) is 0 Å². The maximum absolute atomic E-state index is 3.93. The van der Waals surface area contributed by atoms with Gasteiger partial charge in [0.05, 0.1) is 2.88 Å². The van der Waals surface area contributed by atoms with E-state index in [1.807, 2.05) is 11.3 Å². The molecule has 1 N–H and O–H groups in total. The normalized spacial score (nSPS) is 35.9. The van der Waals surface area contributed by atoms with Crippen LogP contribution in [0.25, 0.3) is 0 Å². The molecule has 0 saturated carbocycles. The van der Waals surface area contributed by atoms with Gasteiger partial charge in [-0.3, -0.25) is 0 Å². The van der Waals surface area contributed by atoms with Crippen molar-refractivity contribution in [2.45, 2.75) is 63.1 Å². The standard InChI is InChI=1S/C17H25IN2S/c1-20-12-5-6-13(20)8-11(7-12)10-19-15-3-2-4-16-14(15)9-17(18)21-16/h9,11-13,15,19H,2-8,10H2,1H3. The summed E-state index contributed by atoms with van der Waals surface area (Å²) in [4.78, 5) is 4.29. The van der Waals surface area contributed by atoms with Crippen molar-refractivity contribution in [3.05, 3.63) is 19.4 Å². The van der Waals surface area contributed by atoms with Crippen LogP contribution in [0.15, 0.2) is 6.07 Å². The van der Waals surface area contributed by atoms with Gasteiger partial charge in [0, 0.05) is 23.0 Å². The number of piperidine rings is 1. The van der Waals surface area contributed by atoms with Crippen molar-refractivity contribution in [1.29, 1.82) is 0 Å². The Morgan fingerprint density at radius 3 is 2.81 bits per heavy atom. The molecule has 2 saturated heterocycles. The SMILES string of the molecule is CN1C2CCC1CC(CNC1CCCc3sc(I)cc31)C2. The molecule has 116 valence electrons. The van der Waals surface area contributed by atoms with Crippen molar-refractivity contribution < 1.29 is 0 Å². The summed E-state index contributed by atoms with van der Waals surface area (Å²) in [6.07, 6.45) is 9.71. The molecule has 4 heteroatoms. The van der Waals surface area contributed by atoms with Gasteiger partial charge in [0.1, 0.15) is 0 Å². The Morgan fingerprint density at radius 1 is 1.29 bits per heavy atom. The van der Waals surface area contributed by atoms with Crippen molar-refractivity contribution >= 4 is 33.9 Å². The van der Waals surface area contributed by atoms with Crippen LogP contribution in [0, 0.1) is 8.80 Å². The fraction of sp³-hybridized carbons (Fsp3) is 0.765. The van der Waals surface area contributed by atoms with Crippen molar-refractivity contribution in [3.63, 3.8) is 0 Å². The van der Waals surface area contributed by atoms with Crippen LogP contribution < -0.4 is 5.32 Å². The zero-order valence-corrected chi connectivity index (χ0v) is 15.8. The lowest BCUT2D eigenvalue weighted by molar-refractivity contribution is 0.130. The number of hydrogen-bond acceptors (Lipinski definition) is 3. The number of fused-ring (bicyclic) bond motifs is 3. The highest BCUT2D eigenvalue weighted by molar-refractivity contribution is 14.1. The molecule has 2 fully saturated rings. The van der Waals surface area contributed by atoms with E-state index in [1.54, 1.807) is 10.4 Å². The average Bonchev–Trinajstić information content (AvgIpc) is 2.92. The Balaban J connectivity index is 1.38. The minimum Gasteiger partial charge on any atom is -0.310 e. The fourth-order valence-electron chi connectivity index (χ4n) is 4.73. The molecule has 0 spiro atoms. The Labute approximate surface area is 145 Å².